The van der Waals surface area contributed by atoms with Crippen LogP contribution < -0.4 is 19.6 Å². The Hall–Kier alpha value is -3.91. The first kappa shape index (κ1) is 22.9. The summed E-state index contributed by atoms with van der Waals surface area (Å²) in [6.45, 7) is 6.25. The Kier molecular flexibility index (Phi) is 6.13. The molecule has 0 radical (unpaired) electrons. The van der Waals surface area contributed by atoms with Crippen LogP contribution in [0.1, 0.15) is 37.9 Å². The first-order valence-electron chi connectivity index (χ1n) is 11.5. The van der Waals surface area contributed by atoms with E-state index in [-0.39, 0.29) is 12.2 Å². The van der Waals surface area contributed by atoms with Gasteiger partial charge in [-0.1, -0.05) is 41.7 Å². The number of aromatic amines is 1. The van der Waals surface area contributed by atoms with Gasteiger partial charge in [0.25, 0.3) is 5.56 Å². The maximum Gasteiger partial charge on any atom is 0.338 e. The third kappa shape index (κ3) is 4.10. The predicted octanol–water partition coefficient (Wildman–Crippen LogP) is 3.68. The van der Waals surface area contributed by atoms with Crippen molar-refractivity contribution in [2.75, 3.05) is 13.2 Å². The van der Waals surface area contributed by atoms with Crippen LogP contribution >= 0.6 is 11.3 Å². The van der Waals surface area contributed by atoms with Gasteiger partial charge < -0.3 is 14.5 Å². The van der Waals surface area contributed by atoms with E-state index in [0.717, 1.165) is 27.8 Å². The van der Waals surface area contributed by atoms with Gasteiger partial charge in [-0.3, -0.25) is 9.36 Å². The number of carbonyl (C=O) groups excluding carboxylic acids is 1. The van der Waals surface area contributed by atoms with Crippen molar-refractivity contribution in [2.24, 2.45) is 4.99 Å². The number of H-pyrrole nitrogens is 1. The van der Waals surface area contributed by atoms with Gasteiger partial charge >= 0.3 is 5.97 Å². The number of fused-ring (bicyclic) bond motifs is 2. The van der Waals surface area contributed by atoms with E-state index in [1.807, 2.05) is 67.7 Å². The van der Waals surface area contributed by atoms with Crippen molar-refractivity contribution in [1.82, 2.24) is 9.55 Å². The summed E-state index contributed by atoms with van der Waals surface area (Å²) in [5, 5.41) is 1.03. The van der Waals surface area contributed by atoms with Gasteiger partial charge in [-0.25, -0.2) is 9.79 Å². The van der Waals surface area contributed by atoms with Gasteiger partial charge in [0.05, 0.1) is 35.1 Å². The van der Waals surface area contributed by atoms with Crippen molar-refractivity contribution in [2.45, 2.75) is 26.8 Å². The third-order valence-corrected chi connectivity index (χ3v) is 6.91. The van der Waals surface area contributed by atoms with E-state index in [4.69, 9.17) is 9.47 Å². The van der Waals surface area contributed by atoms with Crippen molar-refractivity contribution >= 4 is 34.3 Å². The fourth-order valence-electron chi connectivity index (χ4n) is 4.37. The molecule has 0 amide bonds. The number of para-hydroxylation sites is 1. The minimum atomic E-state index is -0.647. The molecule has 0 bridgehead atoms. The molecule has 1 N–H and O–H groups in total. The standard InChI is InChI=1S/C27H25N3O4S/c1-4-33-19-12-10-17(11-13-19)24-23(26(32)34-5-2)16(3)29-27-30(24)25(31)22(35-27)14-18-15-28-21-9-7-6-8-20(18)21/h6-15,24,28H,4-5H2,1-3H3. The average molecular weight is 488 g/mol. The molecular formula is C27H25N3O4S. The summed E-state index contributed by atoms with van der Waals surface area (Å²) in [6, 6.07) is 14.7. The second-order valence-electron chi connectivity index (χ2n) is 8.09. The highest BCUT2D eigenvalue weighted by atomic mass is 32.1. The number of hydrogen-bond acceptors (Lipinski definition) is 6. The number of rotatable bonds is 6. The molecule has 2 aromatic heterocycles. The molecule has 0 saturated heterocycles. The quantitative estimate of drug-likeness (QED) is 0.421. The molecule has 0 saturated carbocycles. The SMILES string of the molecule is CCOC(=O)C1=C(C)N=c2sc(=Cc3c[nH]c4ccccc34)c(=O)n2C1c1ccc(OCC)cc1. The van der Waals surface area contributed by atoms with E-state index in [0.29, 0.717) is 27.2 Å². The van der Waals surface area contributed by atoms with Crippen LogP contribution in [0, 0.1) is 0 Å². The zero-order valence-corrected chi connectivity index (χ0v) is 20.5. The number of benzene rings is 2. The summed E-state index contributed by atoms with van der Waals surface area (Å²) in [5.74, 6) is 0.250. The Morgan fingerprint density at radius 2 is 1.91 bits per heavy atom. The van der Waals surface area contributed by atoms with E-state index in [2.05, 4.69) is 9.98 Å². The predicted molar refractivity (Wildman–Crippen MR) is 136 cm³/mol. The monoisotopic (exact) mass is 487 g/mol. The Bertz CT molecular complexity index is 1620. The minimum Gasteiger partial charge on any atom is -0.494 e. The molecule has 178 valence electrons. The van der Waals surface area contributed by atoms with Gasteiger partial charge in [-0.15, -0.1) is 0 Å². The number of hydrogen-bond donors (Lipinski definition) is 1. The zero-order valence-electron chi connectivity index (χ0n) is 19.7. The topological polar surface area (TPSA) is 85.7 Å². The summed E-state index contributed by atoms with van der Waals surface area (Å²) < 4.78 is 13.1. The molecule has 7 nitrogen and oxygen atoms in total. The highest BCUT2D eigenvalue weighted by Gasteiger charge is 2.33. The number of allylic oxidation sites excluding steroid dienone is 1. The van der Waals surface area contributed by atoms with Gasteiger partial charge in [0.1, 0.15) is 5.75 Å². The first-order chi connectivity index (χ1) is 17.0. The Morgan fingerprint density at radius 1 is 1.14 bits per heavy atom. The lowest BCUT2D eigenvalue weighted by atomic mass is 9.96. The van der Waals surface area contributed by atoms with Crippen LogP contribution in [-0.4, -0.2) is 28.7 Å². The van der Waals surface area contributed by atoms with Gasteiger partial charge in [0.2, 0.25) is 0 Å². The molecular weight excluding hydrogens is 462 g/mol. The molecule has 35 heavy (non-hydrogen) atoms. The van der Waals surface area contributed by atoms with E-state index < -0.39 is 12.0 Å². The lowest BCUT2D eigenvalue weighted by molar-refractivity contribution is -0.139. The number of esters is 1. The van der Waals surface area contributed by atoms with Crippen molar-refractivity contribution in [3.05, 3.63) is 96.8 Å². The van der Waals surface area contributed by atoms with E-state index in [9.17, 15) is 9.59 Å². The molecule has 0 spiro atoms. The smallest absolute Gasteiger partial charge is 0.338 e. The summed E-state index contributed by atoms with van der Waals surface area (Å²) in [6.07, 6.45) is 3.77. The molecule has 1 aliphatic heterocycles. The summed E-state index contributed by atoms with van der Waals surface area (Å²) >= 11 is 1.31. The maximum absolute atomic E-state index is 13.7. The molecule has 0 fully saturated rings. The second-order valence-corrected chi connectivity index (χ2v) is 9.10. The summed E-state index contributed by atoms with van der Waals surface area (Å²) in [7, 11) is 0. The lowest BCUT2D eigenvalue weighted by Crippen LogP contribution is -2.39. The van der Waals surface area contributed by atoms with Crippen molar-refractivity contribution in [3.63, 3.8) is 0 Å². The molecule has 1 atom stereocenters. The average Bonchev–Trinajstić information content (AvgIpc) is 3.40. The molecule has 3 heterocycles. The number of nitrogens with one attached hydrogen (secondary N) is 1. The van der Waals surface area contributed by atoms with Gasteiger partial charge in [0, 0.05) is 22.7 Å². The largest absolute Gasteiger partial charge is 0.494 e. The van der Waals surface area contributed by atoms with Gasteiger partial charge in [-0.05, 0) is 50.6 Å². The molecule has 2 aromatic carbocycles. The summed E-state index contributed by atoms with van der Waals surface area (Å²) in [5.41, 5.74) is 3.41. The summed E-state index contributed by atoms with van der Waals surface area (Å²) in [4.78, 5) is 35.2. The fourth-order valence-corrected chi connectivity index (χ4v) is 5.41. The molecule has 4 aromatic rings. The van der Waals surface area contributed by atoms with Crippen LogP contribution in [0.15, 0.2) is 75.8 Å². The molecule has 5 rings (SSSR count). The second kappa shape index (κ2) is 9.38. The lowest BCUT2D eigenvalue weighted by Gasteiger charge is -2.24. The fraction of sp³-hybridized carbons (Fsp3) is 0.222. The highest BCUT2D eigenvalue weighted by molar-refractivity contribution is 7.07. The number of thiazole rings is 1. The van der Waals surface area contributed by atoms with Crippen LogP contribution in [0.3, 0.4) is 0 Å². The number of nitrogens with zero attached hydrogens (tertiary/aromatic N) is 2. The molecule has 0 aliphatic carbocycles. The van der Waals surface area contributed by atoms with Crippen LogP contribution in [0.5, 0.6) is 5.75 Å². The van der Waals surface area contributed by atoms with Crippen molar-refractivity contribution in [1.29, 1.82) is 0 Å². The van der Waals surface area contributed by atoms with Crippen LogP contribution in [0.25, 0.3) is 17.0 Å². The number of carbonyl (C=O) groups is 1. The normalized spacial score (nSPS) is 15.7. The van der Waals surface area contributed by atoms with Gasteiger partial charge in [0.15, 0.2) is 4.80 Å². The van der Waals surface area contributed by atoms with E-state index in [1.165, 1.54) is 11.3 Å². The van der Waals surface area contributed by atoms with Crippen molar-refractivity contribution < 1.29 is 14.3 Å². The van der Waals surface area contributed by atoms with Gasteiger partial charge in [-0.2, -0.15) is 0 Å². The van der Waals surface area contributed by atoms with Crippen molar-refractivity contribution in [3.8, 4) is 5.75 Å². The van der Waals surface area contributed by atoms with E-state index >= 15 is 0 Å². The highest BCUT2D eigenvalue weighted by Crippen LogP contribution is 2.31. The number of aromatic nitrogens is 2. The Labute approximate surface area is 205 Å². The third-order valence-electron chi connectivity index (χ3n) is 5.93. The zero-order chi connectivity index (χ0) is 24.5. The Balaban J connectivity index is 1.70. The number of ether oxygens (including phenoxy) is 2. The van der Waals surface area contributed by atoms with Crippen LogP contribution in [-0.2, 0) is 9.53 Å². The molecule has 1 aliphatic rings. The maximum atomic E-state index is 13.7. The minimum absolute atomic E-state index is 0.202. The molecule has 8 heteroatoms. The van der Waals surface area contributed by atoms with E-state index in [1.54, 1.807) is 18.4 Å². The first-order valence-corrected chi connectivity index (χ1v) is 12.3. The molecule has 1 unspecified atom stereocenters. The van der Waals surface area contributed by atoms with Crippen LogP contribution in [0.4, 0.5) is 0 Å². The Morgan fingerprint density at radius 3 is 2.66 bits per heavy atom. The van der Waals surface area contributed by atoms with Crippen LogP contribution in [0.2, 0.25) is 0 Å².